The van der Waals surface area contributed by atoms with Crippen LogP contribution in [0.1, 0.15) is 30.4 Å². The van der Waals surface area contributed by atoms with Crippen LogP contribution in [-0.2, 0) is 22.3 Å². The van der Waals surface area contributed by atoms with Gasteiger partial charge in [0.05, 0.1) is 5.92 Å². The number of halogens is 3. The number of carbonyl (C=O) groups excluding carboxylic acids is 1. The highest BCUT2D eigenvalue weighted by atomic mass is 19.4. The van der Waals surface area contributed by atoms with Crippen LogP contribution in [0, 0.1) is 18.8 Å². The zero-order chi connectivity index (χ0) is 20.4. The molecule has 0 bridgehead atoms. The number of hydrogen-bond donors (Lipinski definition) is 1. The number of carboxylic acids is 1. The van der Waals surface area contributed by atoms with Crippen molar-refractivity contribution in [2.24, 2.45) is 11.8 Å². The van der Waals surface area contributed by atoms with Gasteiger partial charge in [0.1, 0.15) is 0 Å². The fourth-order valence-electron chi connectivity index (χ4n) is 3.44. The molecule has 1 aromatic heterocycles. The van der Waals surface area contributed by atoms with Crippen LogP contribution < -0.4 is 0 Å². The van der Waals surface area contributed by atoms with E-state index in [2.05, 4.69) is 14.9 Å². The number of fused-ring (bicyclic) bond motifs is 1. The summed E-state index contributed by atoms with van der Waals surface area (Å²) < 4.78 is 37.8. The van der Waals surface area contributed by atoms with Gasteiger partial charge in [-0.05, 0) is 19.3 Å². The van der Waals surface area contributed by atoms with Gasteiger partial charge in [-0.15, -0.1) is 0 Å². The SMILES string of the molecule is CC(=O)O.Cc1nc(C(F)(F)F)ncc1CN1C[C@H]2CCN(C)C(=O)[C@H]2C1. The fourth-order valence-corrected chi connectivity index (χ4v) is 3.44. The number of carbonyl (C=O) groups is 2. The predicted molar refractivity (Wildman–Crippen MR) is 89.6 cm³/mol. The number of likely N-dealkylation sites (tertiary alicyclic amines) is 2. The molecule has 10 heteroatoms. The van der Waals surface area contributed by atoms with Crippen molar-refractivity contribution in [3.05, 3.63) is 23.3 Å². The van der Waals surface area contributed by atoms with Gasteiger partial charge >= 0.3 is 6.18 Å². The van der Waals surface area contributed by atoms with Crippen LogP contribution in [0.15, 0.2) is 6.20 Å². The van der Waals surface area contributed by atoms with Crippen LogP contribution >= 0.6 is 0 Å². The Hall–Kier alpha value is -2.23. The van der Waals surface area contributed by atoms with Crippen LogP contribution in [0.2, 0.25) is 0 Å². The van der Waals surface area contributed by atoms with Gasteiger partial charge in [0.15, 0.2) is 0 Å². The molecular weight excluding hydrogens is 365 g/mol. The molecule has 27 heavy (non-hydrogen) atoms. The van der Waals surface area contributed by atoms with E-state index >= 15 is 0 Å². The molecule has 2 atom stereocenters. The van der Waals surface area contributed by atoms with Crippen LogP contribution in [0.4, 0.5) is 13.2 Å². The molecule has 0 aromatic carbocycles. The molecule has 0 radical (unpaired) electrons. The topological polar surface area (TPSA) is 86.6 Å². The number of piperidine rings is 1. The molecule has 0 saturated carbocycles. The Morgan fingerprint density at radius 2 is 2.00 bits per heavy atom. The smallest absolute Gasteiger partial charge is 0.451 e. The number of amides is 1. The first-order chi connectivity index (χ1) is 12.5. The summed E-state index contributed by atoms with van der Waals surface area (Å²) in [7, 11) is 1.81. The maximum atomic E-state index is 12.6. The van der Waals surface area contributed by atoms with E-state index in [9.17, 15) is 18.0 Å². The van der Waals surface area contributed by atoms with Gasteiger partial charge in [-0.25, -0.2) is 9.97 Å². The minimum absolute atomic E-state index is 0.00410. The molecule has 7 nitrogen and oxygen atoms in total. The Balaban J connectivity index is 0.000000596. The molecule has 150 valence electrons. The number of carboxylic acid groups (broad SMARTS) is 1. The van der Waals surface area contributed by atoms with Crippen LogP contribution in [0.3, 0.4) is 0 Å². The number of hydrogen-bond acceptors (Lipinski definition) is 5. The van der Waals surface area contributed by atoms with E-state index in [0.717, 1.165) is 26.4 Å². The van der Waals surface area contributed by atoms with Crippen molar-refractivity contribution in [2.45, 2.75) is 33.0 Å². The Labute approximate surface area is 155 Å². The summed E-state index contributed by atoms with van der Waals surface area (Å²) in [5.74, 6) is -1.42. The highest BCUT2D eigenvalue weighted by molar-refractivity contribution is 5.80. The molecule has 0 spiro atoms. The third kappa shape index (κ3) is 5.38. The Kier molecular flexibility index (Phi) is 6.40. The third-order valence-electron chi connectivity index (χ3n) is 4.77. The first kappa shape index (κ1) is 21.1. The Bertz CT molecular complexity index is 707. The molecule has 2 aliphatic rings. The lowest BCUT2D eigenvalue weighted by Gasteiger charge is -2.30. The van der Waals surface area contributed by atoms with E-state index in [0.29, 0.717) is 30.3 Å². The molecular formula is C17H23F3N4O3. The number of aromatic nitrogens is 2. The standard InChI is InChI=1S/C15H19F3N4O.C2H4O2/c1-9-11(5-19-14(20-9)15(16,17)18)7-22-6-10-3-4-21(2)13(23)12(10)8-22;1-2(3)4/h5,10,12H,3-4,6-8H2,1-2H3;1H3,(H,3,4)/t10-,12+;/m1./s1. The van der Waals surface area contributed by atoms with Crippen molar-refractivity contribution < 1.29 is 27.9 Å². The predicted octanol–water partition coefficient (Wildman–Crippen LogP) is 1.80. The Morgan fingerprint density at radius 3 is 2.56 bits per heavy atom. The first-order valence-electron chi connectivity index (χ1n) is 8.55. The highest BCUT2D eigenvalue weighted by Gasteiger charge is 2.42. The van der Waals surface area contributed by atoms with Crippen LogP contribution in [0.5, 0.6) is 0 Å². The number of alkyl halides is 3. The summed E-state index contributed by atoms with van der Waals surface area (Å²) in [6, 6.07) is 0. The third-order valence-corrected chi connectivity index (χ3v) is 4.77. The van der Waals surface area contributed by atoms with Crippen molar-refractivity contribution in [1.82, 2.24) is 19.8 Å². The van der Waals surface area contributed by atoms with Gasteiger partial charge < -0.3 is 10.0 Å². The molecule has 2 saturated heterocycles. The minimum atomic E-state index is -4.52. The number of nitrogens with zero attached hydrogens (tertiary/aromatic N) is 4. The lowest BCUT2D eigenvalue weighted by molar-refractivity contribution is -0.145. The fraction of sp³-hybridized carbons (Fsp3) is 0.647. The highest BCUT2D eigenvalue weighted by Crippen LogP contribution is 2.33. The molecule has 2 fully saturated rings. The van der Waals surface area contributed by atoms with E-state index in [1.165, 1.54) is 6.20 Å². The second-order valence-electron chi connectivity index (χ2n) is 6.93. The zero-order valence-electron chi connectivity index (χ0n) is 15.5. The van der Waals surface area contributed by atoms with Gasteiger partial charge in [-0.1, -0.05) is 0 Å². The molecule has 1 N–H and O–H groups in total. The molecule has 3 rings (SSSR count). The molecule has 0 unspecified atom stereocenters. The average Bonchev–Trinajstić information content (AvgIpc) is 2.95. The van der Waals surface area contributed by atoms with Gasteiger partial charge in [0.2, 0.25) is 11.7 Å². The lowest BCUT2D eigenvalue weighted by Crippen LogP contribution is -2.42. The van der Waals surface area contributed by atoms with Crippen molar-refractivity contribution in [3.8, 4) is 0 Å². The second kappa shape index (κ2) is 8.20. The minimum Gasteiger partial charge on any atom is -0.481 e. The van der Waals surface area contributed by atoms with Crippen LogP contribution in [0.25, 0.3) is 0 Å². The van der Waals surface area contributed by atoms with E-state index in [1.54, 1.807) is 11.8 Å². The molecule has 1 amide bonds. The molecule has 2 aliphatic heterocycles. The second-order valence-corrected chi connectivity index (χ2v) is 6.93. The summed E-state index contributed by atoms with van der Waals surface area (Å²) in [6.45, 7) is 5.34. The lowest BCUT2D eigenvalue weighted by atomic mass is 9.88. The Morgan fingerprint density at radius 1 is 1.37 bits per heavy atom. The van der Waals surface area contributed by atoms with Gasteiger partial charge in [0, 0.05) is 57.6 Å². The van der Waals surface area contributed by atoms with Gasteiger partial charge in [-0.2, -0.15) is 13.2 Å². The van der Waals surface area contributed by atoms with Crippen LogP contribution in [-0.4, -0.2) is 63.4 Å². The maximum absolute atomic E-state index is 12.6. The quantitative estimate of drug-likeness (QED) is 0.832. The largest absolute Gasteiger partial charge is 0.481 e. The van der Waals surface area contributed by atoms with E-state index in [1.807, 2.05) is 7.05 Å². The van der Waals surface area contributed by atoms with E-state index < -0.39 is 18.0 Å². The molecule has 3 heterocycles. The maximum Gasteiger partial charge on any atom is 0.451 e. The summed E-state index contributed by atoms with van der Waals surface area (Å²) in [5.41, 5.74) is 1.02. The van der Waals surface area contributed by atoms with Gasteiger partial charge in [-0.3, -0.25) is 14.5 Å². The number of rotatable bonds is 2. The first-order valence-corrected chi connectivity index (χ1v) is 8.55. The number of aliphatic carboxylic acids is 1. The monoisotopic (exact) mass is 388 g/mol. The normalized spacial score (nSPS) is 22.9. The summed E-state index contributed by atoms with van der Waals surface area (Å²) in [6.07, 6.45) is -2.30. The van der Waals surface area contributed by atoms with Crippen molar-refractivity contribution in [3.63, 3.8) is 0 Å². The summed E-state index contributed by atoms with van der Waals surface area (Å²) >= 11 is 0. The van der Waals surface area contributed by atoms with Crippen molar-refractivity contribution in [2.75, 3.05) is 26.7 Å². The molecule has 0 aliphatic carbocycles. The van der Waals surface area contributed by atoms with Crippen molar-refractivity contribution >= 4 is 11.9 Å². The van der Waals surface area contributed by atoms with Gasteiger partial charge in [0.25, 0.3) is 5.97 Å². The van der Waals surface area contributed by atoms with Crippen molar-refractivity contribution in [1.29, 1.82) is 0 Å². The van der Waals surface area contributed by atoms with E-state index in [-0.39, 0.29) is 11.8 Å². The number of aryl methyl sites for hydroxylation is 1. The van der Waals surface area contributed by atoms with E-state index in [4.69, 9.17) is 9.90 Å². The molecule has 1 aromatic rings. The summed E-state index contributed by atoms with van der Waals surface area (Å²) in [5, 5.41) is 7.42. The average molecular weight is 388 g/mol. The summed E-state index contributed by atoms with van der Waals surface area (Å²) in [4.78, 5) is 32.1. The zero-order valence-corrected chi connectivity index (χ0v) is 15.5.